The average Bonchev–Trinajstić information content (AvgIpc) is 2.74. The first-order valence-electron chi connectivity index (χ1n) is 8.87. The van der Waals surface area contributed by atoms with Crippen molar-refractivity contribution in [1.82, 2.24) is 0 Å². The standard InChI is InChI=1S/C24H20N2O2/c27-23(17-11-19-7-3-1-4-8-19)25-21-13-15-22(16-14-21)26-24(28)18-12-20-9-5-2-6-10-20/h1-18H,(H,25,27)(H,26,28). The maximum absolute atomic E-state index is 12.0. The maximum atomic E-state index is 12.0. The lowest BCUT2D eigenvalue weighted by Crippen LogP contribution is -2.09. The molecule has 3 aromatic rings. The van der Waals surface area contributed by atoms with Crippen molar-refractivity contribution in [2.45, 2.75) is 0 Å². The van der Waals surface area contributed by atoms with E-state index in [2.05, 4.69) is 10.6 Å². The largest absolute Gasteiger partial charge is 0.323 e. The SMILES string of the molecule is O=C(C=Cc1ccccc1)Nc1ccc(NC(=O)C=Cc2ccccc2)cc1. The molecule has 0 aliphatic heterocycles. The summed E-state index contributed by atoms with van der Waals surface area (Å²) >= 11 is 0. The van der Waals surface area contributed by atoms with Gasteiger partial charge in [-0.05, 0) is 47.5 Å². The van der Waals surface area contributed by atoms with Crippen LogP contribution in [0.25, 0.3) is 12.2 Å². The fraction of sp³-hybridized carbons (Fsp3) is 0. The molecule has 0 saturated heterocycles. The number of rotatable bonds is 6. The van der Waals surface area contributed by atoms with Crippen molar-refractivity contribution >= 4 is 35.3 Å². The van der Waals surface area contributed by atoms with Gasteiger partial charge in [-0.25, -0.2) is 0 Å². The molecule has 0 unspecified atom stereocenters. The van der Waals surface area contributed by atoms with Gasteiger partial charge in [0.1, 0.15) is 0 Å². The number of hydrogen-bond donors (Lipinski definition) is 2. The zero-order chi connectivity index (χ0) is 19.6. The third-order valence-corrected chi connectivity index (χ3v) is 3.87. The number of carbonyl (C=O) groups excluding carboxylic acids is 2. The van der Waals surface area contributed by atoms with Gasteiger partial charge in [-0.2, -0.15) is 0 Å². The molecular formula is C24H20N2O2. The summed E-state index contributed by atoms with van der Waals surface area (Å²) in [6.45, 7) is 0. The third-order valence-electron chi connectivity index (χ3n) is 3.87. The van der Waals surface area contributed by atoms with Crippen LogP contribution >= 0.6 is 0 Å². The fourth-order valence-electron chi connectivity index (χ4n) is 2.48. The molecular weight excluding hydrogens is 348 g/mol. The molecule has 0 saturated carbocycles. The highest BCUT2D eigenvalue weighted by Gasteiger charge is 2.01. The Labute approximate surface area is 164 Å². The minimum atomic E-state index is -0.216. The predicted octanol–water partition coefficient (Wildman–Crippen LogP) is 4.99. The summed E-state index contributed by atoms with van der Waals surface area (Å²) in [6, 6.07) is 26.2. The fourth-order valence-corrected chi connectivity index (χ4v) is 2.48. The summed E-state index contributed by atoms with van der Waals surface area (Å²) in [5, 5.41) is 5.57. The summed E-state index contributed by atoms with van der Waals surface area (Å²) in [5.74, 6) is -0.433. The van der Waals surface area contributed by atoms with Crippen LogP contribution in [-0.4, -0.2) is 11.8 Å². The van der Waals surface area contributed by atoms with Crippen LogP contribution in [0.5, 0.6) is 0 Å². The molecule has 0 bridgehead atoms. The predicted molar refractivity (Wildman–Crippen MR) is 115 cm³/mol. The van der Waals surface area contributed by atoms with Crippen LogP contribution in [-0.2, 0) is 9.59 Å². The van der Waals surface area contributed by atoms with E-state index in [0.717, 1.165) is 11.1 Å². The van der Waals surface area contributed by atoms with Gasteiger partial charge in [-0.1, -0.05) is 60.7 Å². The molecule has 0 aromatic heterocycles. The number of nitrogens with one attached hydrogen (secondary N) is 2. The lowest BCUT2D eigenvalue weighted by Gasteiger charge is -2.05. The highest BCUT2D eigenvalue weighted by atomic mass is 16.2. The maximum Gasteiger partial charge on any atom is 0.248 e. The van der Waals surface area contributed by atoms with Gasteiger partial charge in [-0.3, -0.25) is 9.59 Å². The van der Waals surface area contributed by atoms with Crippen molar-refractivity contribution in [3.05, 3.63) is 108 Å². The lowest BCUT2D eigenvalue weighted by molar-refractivity contribution is -0.112. The Balaban J connectivity index is 1.51. The molecule has 4 nitrogen and oxygen atoms in total. The molecule has 2 amide bonds. The lowest BCUT2D eigenvalue weighted by atomic mass is 10.2. The summed E-state index contributed by atoms with van der Waals surface area (Å²) in [6.07, 6.45) is 6.48. The van der Waals surface area contributed by atoms with E-state index in [4.69, 9.17) is 0 Å². The van der Waals surface area contributed by atoms with E-state index in [1.54, 1.807) is 36.4 Å². The molecule has 2 N–H and O–H groups in total. The van der Waals surface area contributed by atoms with Crippen molar-refractivity contribution in [3.8, 4) is 0 Å². The van der Waals surface area contributed by atoms with Gasteiger partial charge in [0, 0.05) is 23.5 Å². The number of benzene rings is 3. The minimum Gasteiger partial charge on any atom is -0.323 e. The molecule has 0 radical (unpaired) electrons. The van der Waals surface area contributed by atoms with Gasteiger partial charge in [0.05, 0.1) is 0 Å². The van der Waals surface area contributed by atoms with Gasteiger partial charge >= 0.3 is 0 Å². The molecule has 0 aliphatic rings. The van der Waals surface area contributed by atoms with E-state index in [1.165, 1.54) is 12.2 Å². The molecule has 3 aromatic carbocycles. The monoisotopic (exact) mass is 368 g/mol. The Morgan fingerprint density at radius 2 is 0.893 bits per heavy atom. The first-order chi connectivity index (χ1) is 13.7. The topological polar surface area (TPSA) is 58.2 Å². The zero-order valence-corrected chi connectivity index (χ0v) is 15.2. The van der Waals surface area contributed by atoms with Gasteiger partial charge < -0.3 is 10.6 Å². The minimum absolute atomic E-state index is 0.216. The van der Waals surface area contributed by atoms with E-state index >= 15 is 0 Å². The highest BCUT2D eigenvalue weighted by molar-refractivity contribution is 6.03. The summed E-state index contributed by atoms with van der Waals surface area (Å²) in [4.78, 5) is 24.0. The summed E-state index contributed by atoms with van der Waals surface area (Å²) < 4.78 is 0. The van der Waals surface area contributed by atoms with Crippen molar-refractivity contribution in [2.75, 3.05) is 10.6 Å². The molecule has 0 atom stereocenters. The molecule has 0 aliphatic carbocycles. The Morgan fingerprint density at radius 3 is 1.25 bits per heavy atom. The Kier molecular flexibility index (Phi) is 6.53. The second-order valence-electron chi connectivity index (χ2n) is 6.04. The van der Waals surface area contributed by atoms with E-state index in [1.807, 2.05) is 60.7 Å². The van der Waals surface area contributed by atoms with Gasteiger partial charge in [0.15, 0.2) is 0 Å². The number of carbonyl (C=O) groups is 2. The second-order valence-corrected chi connectivity index (χ2v) is 6.04. The number of anilines is 2. The van der Waals surface area contributed by atoms with Crippen LogP contribution in [0.3, 0.4) is 0 Å². The van der Waals surface area contributed by atoms with E-state index in [0.29, 0.717) is 11.4 Å². The normalized spacial score (nSPS) is 10.9. The number of hydrogen-bond acceptors (Lipinski definition) is 2. The first-order valence-corrected chi connectivity index (χ1v) is 8.87. The van der Waals surface area contributed by atoms with Crippen molar-refractivity contribution in [1.29, 1.82) is 0 Å². The zero-order valence-electron chi connectivity index (χ0n) is 15.2. The van der Waals surface area contributed by atoms with Crippen molar-refractivity contribution < 1.29 is 9.59 Å². The Morgan fingerprint density at radius 1 is 0.536 bits per heavy atom. The van der Waals surface area contributed by atoms with Crippen molar-refractivity contribution in [2.24, 2.45) is 0 Å². The van der Waals surface area contributed by atoms with Crippen LogP contribution < -0.4 is 10.6 Å². The Bertz CT molecular complexity index is 894. The first kappa shape index (κ1) is 18.9. The molecule has 0 spiro atoms. The summed E-state index contributed by atoms with van der Waals surface area (Å²) in [7, 11) is 0. The average molecular weight is 368 g/mol. The van der Waals surface area contributed by atoms with Gasteiger partial charge in [-0.15, -0.1) is 0 Å². The molecule has 3 rings (SSSR count). The second kappa shape index (κ2) is 9.69. The summed E-state index contributed by atoms with van der Waals surface area (Å²) in [5.41, 5.74) is 3.22. The van der Waals surface area contributed by atoms with Gasteiger partial charge in [0.2, 0.25) is 11.8 Å². The van der Waals surface area contributed by atoms with Crippen molar-refractivity contribution in [3.63, 3.8) is 0 Å². The smallest absolute Gasteiger partial charge is 0.248 e. The van der Waals surface area contributed by atoms with E-state index < -0.39 is 0 Å². The van der Waals surface area contributed by atoms with E-state index in [9.17, 15) is 9.59 Å². The molecule has 0 fully saturated rings. The van der Waals surface area contributed by atoms with E-state index in [-0.39, 0.29) is 11.8 Å². The van der Waals surface area contributed by atoms with Crippen LogP contribution in [0.1, 0.15) is 11.1 Å². The molecule has 0 heterocycles. The van der Waals surface area contributed by atoms with Crippen LogP contribution in [0.4, 0.5) is 11.4 Å². The molecule has 28 heavy (non-hydrogen) atoms. The Hall–Kier alpha value is -3.92. The quantitative estimate of drug-likeness (QED) is 0.602. The molecule has 4 heteroatoms. The van der Waals surface area contributed by atoms with Crippen LogP contribution in [0, 0.1) is 0 Å². The van der Waals surface area contributed by atoms with Crippen LogP contribution in [0.2, 0.25) is 0 Å². The number of amides is 2. The van der Waals surface area contributed by atoms with Gasteiger partial charge in [0.25, 0.3) is 0 Å². The molecule has 138 valence electrons. The third kappa shape index (κ3) is 6.11. The van der Waals surface area contributed by atoms with Crippen LogP contribution in [0.15, 0.2) is 97.1 Å². The highest BCUT2D eigenvalue weighted by Crippen LogP contribution is 2.14.